The number of carbonyl (C=O) groups is 1. The summed E-state index contributed by atoms with van der Waals surface area (Å²) in [5.74, 6) is -0.512. The molecule has 0 bridgehead atoms. The average molecular weight is 339 g/mol. The molecular formula is C15H16BrFN2O. The fraction of sp³-hybridized carbons (Fsp3) is 0.267. The maximum atomic E-state index is 13.2. The first-order valence-corrected chi connectivity index (χ1v) is 7.21. The van der Waals surface area contributed by atoms with Crippen LogP contribution in [0.5, 0.6) is 0 Å². The average Bonchev–Trinajstić information content (AvgIpc) is 2.78. The van der Waals surface area contributed by atoms with Gasteiger partial charge in [0.25, 0.3) is 5.91 Å². The second-order valence-electron chi connectivity index (χ2n) is 4.58. The first-order chi connectivity index (χ1) is 9.52. The van der Waals surface area contributed by atoms with Gasteiger partial charge in [0.15, 0.2) is 0 Å². The molecule has 5 heteroatoms. The molecule has 3 nitrogen and oxygen atoms in total. The zero-order valence-electron chi connectivity index (χ0n) is 11.4. The molecule has 2 aromatic rings. The molecule has 0 saturated heterocycles. The molecule has 106 valence electrons. The molecule has 2 rings (SSSR count). The summed E-state index contributed by atoms with van der Waals surface area (Å²) in [6, 6.07) is 7.80. The number of aryl methyl sites for hydroxylation is 1. The molecule has 0 N–H and O–H groups in total. The lowest BCUT2D eigenvalue weighted by Crippen LogP contribution is -2.28. The van der Waals surface area contributed by atoms with E-state index in [-0.39, 0.29) is 11.7 Å². The molecule has 0 spiro atoms. The number of hydrogen-bond donors (Lipinski definition) is 0. The summed E-state index contributed by atoms with van der Waals surface area (Å²) in [4.78, 5) is 14.0. The molecule has 1 amide bonds. The molecule has 0 radical (unpaired) electrons. The van der Waals surface area contributed by atoms with Gasteiger partial charge in [-0.05, 0) is 46.6 Å². The van der Waals surface area contributed by atoms with Crippen molar-refractivity contribution in [1.29, 1.82) is 0 Å². The zero-order valence-corrected chi connectivity index (χ0v) is 13.0. The van der Waals surface area contributed by atoms with Crippen LogP contribution in [0.15, 0.2) is 41.0 Å². The number of aromatic nitrogens is 1. The highest BCUT2D eigenvalue weighted by Gasteiger charge is 2.18. The maximum Gasteiger partial charge on any atom is 0.274 e. The predicted octanol–water partition coefficient (Wildman–Crippen LogP) is 4.08. The first-order valence-electron chi connectivity index (χ1n) is 6.42. The summed E-state index contributed by atoms with van der Waals surface area (Å²) in [5.41, 5.74) is 1.13. The summed E-state index contributed by atoms with van der Waals surface area (Å²) in [7, 11) is 1.65. The van der Waals surface area contributed by atoms with Crippen LogP contribution >= 0.6 is 15.9 Å². The van der Waals surface area contributed by atoms with Crippen molar-refractivity contribution >= 4 is 27.5 Å². The fourth-order valence-electron chi connectivity index (χ4n) is 2.05. The van der Waals surface area contributed by atoms with Crippen LogP contribution in [0.25, 0.3) is 0 Å². The summed E-state index contributed by atoms with van der Waals surface area (Å²) in [6.07, 6.45) is 2.82. The van der Waals surface area contributed by atoms with E-state index in [2.05, 4.69) is 22.9 Å². The van der Waals surface area contributed by atoms with Crippen molar-refractivity contribution in [3.8, 4) is 0 Å². The highest BCUT2D eigenvalue weighted by molar-refractivity contribution is 9.10. The summed E-state index contributed by atoms with van der Waals surface area (Å²) in [5, 5.41) is 0. The Morgan fingerprint density at radius 3 is 2.80 bits per heavy atom. The third-order valence-corrected chi connectivity index (χ3v) is 3.48. The SMILES string of the molecule is CCCn1cc(Br)cc1C(=O)N(C)c1cccc(F)c1. The molecule has 0 aliphatic rings. The van der Waals surface area contributed by atoms with Crippen molar-refractivity contribution in [3.05, 3.63) is 52.5 Å². The van der Waals surface area contributed by atoms with E-state index < -0.39 is 0 Å². The number of carbonyl (C=O) groups excluding carboxylic acids is 1. The number of nitrogens with zero attached hydrogens (tertiary/aromatic N) is 2. The molecule has 0 fully saturated rings. The van der Waals surface area contributed by atoms with Crippen molar-refractivity contribution < 1.29 is 9.18 Å². The monoisotopic (exact) mass is 338 g/mol. The Kier molecular flexibility index (Phi) is 4.60. The van der Waals surface area contributed by atoms with Crippen LogP contribution in [0.1, 0.15) is 23.8 Å². The molecule has 1 heterocycles. The van der Waals surface area contributed by atoms with E-state index in [9.17, 15) is 9.18 Å². The minimum atomic E-state index is -0.354. The zero-order chi connectivity index (χ0) is 14.7. The summed E-state index contributed by atoms with van der Waals surface area (Å²) in [6.45, 7) is 2.82. The quantitative estimate of drug-likeness (QED) is 0.824. The van der Waals surface area contributed by atoms with Gasteiger partial charge in [0.05, 0.1) is 0 Å². The van der Waals surface area contributed by atoms with Gasteiger partial charge in [0.2, 0.25) is 0 Å². The van der Waals surface area contributed by atoms with E-state index in [1.807, 2.05) is 10.8 Å². The van der Waals surface area contributed by atoms with E-state index in [0.29, 0.717) is 11.4 Å². The third-order valence-electron chi connectivity index (χ3n) is 3.05. The van der Waals surface area contributed by atoms with Crippen molar-refractivity contribution in [2.24, 2.45) is 0 Å². The van der Waals surface area contributed by atoms with Gasteiger partial charge in [0, 0.05) is 29.9 Å². The van der Waals surface area contributed by atoms with E-state index in [4.69, 9.17) is 0 Å². The van der Waals surface area contributed by atoms with Gasteiger partial charge in [-0.25, -0.2) is 4.39 Å². The Bertz CT molecular complexity index is 624. The van der Waals surface area contributed by atoms with Crippen molar-refractivity contribution in [3.63, 3.8) is 0 Å². The topological polar surface area (TPSA) is 25.2 Å². The normalized spacial score (nSPS) is 10.6. The molecule has 0 atom stereocenters. The first kappa shape index (κ1) is 14.8. The van der Waals surface area contributed by atoms with E-state index >= 15 is 0 Å². The van der Waals surface area contributed by atoms with Crippen LogP contribution in [0.2, 0.25) is 0 Å². The molecule has 1 aromatic heterocycles. The smallest absolute Gasteiger partial charge is 0.274 e. The van der Waals surface area contributed by atoms with Gasteiger partial charge >= 0.3 is 0 Å². The second kappa shape index (κ2) is 6.22. The predicted molar refractivity (Wildman–Crippen MR) is 81.6 cm³/mol. The summed E-state index contributed by atoms with van der Waals surface area (Å²) >= 11 is 3.39. The third kappa shape index (κ3) is 3.10. The second-order valence-corrected chi connectivity index (χ2v) is 5.50. The maximum absolute atomic E-state index is 13.2. The Morgan fingerprint density at radius 1 is 1.40 bits per heavy atom. The largest absolute Gasteiger partial charge is 0.342 e. The van der Waals surface area contributed by atoms with Crippen molar-refractivity contribution in [1.82, 2.24) is 4.57 Å². The van der Waals surface area contributed by atoms with Gasteiger partial charge < -0.3 is 9.47 Å². The lowest BCUT2D eigenvalue weighted by molar-refractivity contribution is 0.0984. The number of rotatable bonds is 4. The van der Waals surface area contributed by atoms with Crippen LogP contribution in [0.4, 0.5) is 10.1 Å². The van der Waals surface area contributed by atoms with Crippen LogP contribution in [-0.4, -0.2) is 17.5 Å². The molecule has 0 aliphatic carbocycles. The van der Waals surface area contributed by atoms with E-state index in [1.54, 1.807) is 25.2 Å². The van der Waals surface area contributed by atoms with Crippen LogP contribution in [-0.2, 0) is 6.54 Å². The Morgan fingerprint density at radius 2 is 2.15 bits per heavy atom. The van der Waals surface area contributed by atoms with Crippen molar-refractivity contribution in [2.45, 2.75) is 19.9 Å². The minimum Gasteiger partial charge on any atom is -0.342 e. The van der Waals surface area contributed by atoms with E-state index in [1.165, 1.54) is 17.0 Å². The highest BCUT2D eigenvalue weighted by atomic mass is 79.9. The van der Waals surface area contributed by atoms with Gasteiger partial charge in [-0.3, -0.25) is 4.79 Å². The van der Waals surface area contributed by atoms with Gasteiger partial charge in [-0.15, -0.1) is 0 Å². The Labute approximate surface area is 126 Å². The summed E-state index contributed by atoms with van der Waals surface area (Å²) < 4.78 is 16.0. The molecule has 0 aliphatic heterocycles. The number of halogens is 2. The number of anilines is 1. The lowest BCUT2D eigenvalue weighted by Gasteiger charge is -2.18. The molecule has 1 aromatic carbocycles. The highest BCUT2D eigenvalue weighted by Crippen LogP contribution is 2.20. The Balaban J connectivity index is 2.31. The van der Waals surface area contributed by atoms with Gasteiger partial charge in [-0.2, -0.15) is 0 Å². The van der Waals surface area contributed by atoms with E-state index in [0.717, 1.165) is 17.4 Å². The van der Waals surface area contributed by atoms with Gasteiger partial charge in [0.1, 0.15) is 11.5 Å². The number of amides is 1. The minimum absolute atomic E-state index is 0.158. The van der Waals surface area contributed by atoms with Crippen molar-refractivity contribution in [2.75, 3.05) is 11.9 Å². The van der Waals surface area contributed by atoms with Crippen LogP contribution < -0.4 is 4.90 Å². The fourth-order valence-corrected chi connectivity index (χ4v) is 2.52. The van der Waals surface area contributed by atoms with Crippen LogP contribution in [0, 0.1) is 5.82 Å². The molecular weight excluding hydrogens is 323 g/mol. The number of hydrogen-bond acceptors (Lipinski definition) is 1. The van der Waals surface area contributed by atoms with Crippen LogP contribution in [0.3, 0.4) is 0 Å². The molecule has 20 heavy (non-hydrogen) atoms. The standard InChI is InChI=1S/C15H16BrFN2O/c1-3-7-19-10-11(16)8-14(19)15(20)18(2)13-6-4-5-12(17)9-13/h4-6,8-10H,3,7H2,1-2H3. The van der Waals surface area contributed by atoms with Gasteiger partial charge in [-0.1, -0.05) is 13.0 Å². The number of benzene rings is 1. The molecule has 0 saturated carbocycles. The Hall–Kier alpha value is -1.62. The lowest BCUT2D eigenvalue weighted by atomic mass is 10.2. The molecule has 0 unspecified atom stereocenters.